The second-order valence-corrected chi connectivity index (χ2v) is 10.5. The lowest BCUT2D eigenvalue weighted by Gasteiger charge is -2.13. The van der Waals surface area contributed by atoms with Crippen LogP contribution in [0.25, 0.3) is 22.2 Å². The van der Waals surface area contributed by atoms with E-state index in [0.29, 0.717) is 53.1 Å². The molecule has 38 heavy (non-hydrogen) atoms. The highest BCUT2D eigenvalue weighted by molar-refractivity contribution is 7.91. The van der Waals surface area contributed by atoms with E-state index in [1.807, 2.05) is 24.3 Å². The molecule has 1 aliphatic rings. The van der Waals surface area contributed by atoms with Gasteiger partial charge in [-0.25, -0.2) is 18.4 Å². The maximum Gasteiger partial charge on any atom is 0.217 e. The van der Waals surface area contributed by atoms with Gasteiger partial charge in [0.15, 0.2) is 5.76 Å². The average Bonchev–Trinajstić information content (AvgIpc) is 3.66. The van der Waals surface area contributed by atoms with Gasteiger partial charge in [0.1, 0.15) is 23.7 Å². The Kier molecular flexibility index (Phi) is 6.28. The molecule has 6 rings (SSSR count). The van der Waals surface area contributed by atoms with Crippen LogP contribution in [0, 0.1) is 0 Å². The Labute approximate surface area is 218 Å². The van der Waals surface area contributed by atoms with Gasteiger partial charge in [-0.1, -0.05) is 18.2 Å². The van der Waals surface area contributed by atoms with Crippen LogP contribution in [0.2, 0.25) is 0 Å². The molecule has 10 heteroatoms. The second-order valence-electron chi connectivity index (χ2n) is 8.53. The Morgan fingerprint density at radius 1 is 0.895 bits per heavy atom. The predicted molar refractivity (Wildman–Crippen MR) is 140 cm³/mol. The molecule has 0 saturated carbocycles. The van der Waals surface area contributed by atoms with Gasteiger partial charge in [0.2, 0.25) is 16.1 Å². The molecular weight excluding hydrogens is 506 g/mol. The van der Waals surface area contributed by atoms with Gasteiger partial charge in [-0.3, -0.25) is 0 Å². The normalized spacial score (nSPS) is 14.1. The topological polar surface area (TPSA) is 113 Å². The molecule has 1 N–H and O–H groups in total. The van der Waals surface area contributed by atoms with Gasteiger partial charge in [0, 0.05) is 17.1 Å². The van der Waals surface area contributed by atoms with Crippen molar-refractivity contribution in [2.75, 3.05) is 25.6 Å². The van der Waals surface area contributed by atoms with Crippen molar-refractivity contribution in [2.24, 2.45) is 0 Å². The van der Waals surface area contributed by atoms with E-state index >= 15 is 0 Å². The summed E-state index contributed by atoms with van der Waals surface area (Å²) in [7, 11) is -2.02. The molecule has 3 aromatic carbocycles. The molecule has 1 saturated heterocycles. The highest BCUT2D eigenvalue weighted by atomic mass is 32.2. The monoisotopic (exact) mass is 529 g/mol. The van der Waals surface area contributed by atoms with Crippen molar-refractivity contribution >= 4 is 32.2 Å². The van der Waals surface area contributed by atoms with Crippen LogP contribution >= 0.6 is 0 Å². The van der Waals surface area contributed by atoms with Crippen LogP contribution in [0.5, 0.6) is 5.75 Å². The lowest BCUT2D eigenvalue weighted by Crippen LogP contribution is -2.02. The number of benzene rings is 3. The Balaban J connectivity index is 1.33. The van der Waals surface area contributed by atoms with Crippen molar-refractivity contribution in [3.63, 3.8) is 0 Å². The molecular formula is C28H23N3O6S. The first kappa shape index (κ1) is 24.1. The number of hydrogen-bond acceptors (Lipinski definition) is 9. The van der Waals surface area contributed by atoms with Gasteiger partial charge >= 0.3 is 0 Å². The van der Waals surface area contributed by atoms with E-state index in [0.717, 1.165) is 5.39 Å². The number of anilines is 2. The molecule has 1 aliphatic heterocycles. The van der Waals surface area contributed by atoms with E-state index in [-0.39, 0.29) is 9.79 Å². The molecule has 0 spiro atoms. The van der Waals surface area contributed by atoms with Crippen LogP contribution in [-0.2, 0) is 19.3 Å². The zero-order chi connectivity index (χ0) is 26.1. The smallest absolute Gasteiger partial charge is 0.217 e. The minimum Gasteiger partial charge on any atom is -0.496 e. The van der Waals surface area contributed by atoms with E-state index in [1.54, 1.807) is 61.7 Å². The van der Waals surface area contributed by atoms with Crippen molar-refractivity contribution in [1.82, 2.24) is 9.97 Å². The molecule has 0 bridgehead atoms. The van der Waals surface area contributed by atoms with Crippen molar-refractivity contribution in [3.05, 3.63) is 91.0 Å². The standard InChI is InChI=1S/C28H23N3O6S/c1-34-26-16-23-21(15-22(26)24-11-12-25(37-24)28-35-13-14-36-28)27(30-17-29-23)31-18-7-9-20(10-8-18)38(32,33)19-5-3-2-4-6-19/h2-12,15-17,28H,13-14H2,1H3,(H,29,30,31). The van der Waals surface area contributed by atoms with E-state index in [9.17, 15) is 8.42 Å². The van der Waals surface area contributed by atoms with E-state index in [1.165, 1.54) is 6.33 Å². The Morgan fingerprint density at radius 2 is 1.63 bits per heavy atom. The summed E-state index contributed by atoms with van der Waals surface area (Å²) in [5.74, 6) is 2.30. The van der Waals surface area contributed by atoms with Gasteiger partial charge in [-0.2, -0.15) is 0 Å². The SMILES string of the molecule is COc1cc2ncnc(Nc3ccc(S(=O)(=O)c4ccccc4)cc3)c2cc1-c1ccc(C2OCCO2)o1. The minimum atomic E-state index is -3.61. The third-order valence-electron chi connectivity index (χ3n) is 6.18. The molecule has 0 unspecified atom stereocenters. The fourth-order valence-electron chi connectivity index (χ4n) is 4.28. The molecule has 5 aromatic rings. The minimum absolute atomic E-state index is 0.206. The number of rotatable bonds is 7. The third-order valence-corrected chi connectivity index (χ3v) is 7.97. The second kappa shape index (κ2) is 9.90. The molecule has 0 radical (unpaired) electrons. The molecule has 0 aliphatic carbocycles. The maximum atomic E-state index is 12.9. The number of sulfone groups is 1. The molecule has 0 atom stereocenters. The molecule has 2 aromatic heterocycles. The summed E-state index contributed by atoms with van der Waals surface area (Å²) in [6.45, 7) is 1.04. The van der Waals surface area contributed by atoms with E-state index in [2.05, 4.69) is 15.3 Å². The van der Waals surface area contributed by atoms with Crippen LogP contribution < -0.4 is 10.1 Å². The number of nitrogens with zero attached hydrogens (tertiary/aromatic N) is 2. The van der Waals surface area contributed by atoms with Crippen molar-refractivity contribution in [2.45, 2.75) is 16.1 Å². The molecule has 0 amide bonds. The van der Waals surface area contributed by atoms with Gasteiger partial charge in [0.05, 0.1) is 41.2 Å². The Morgan fingerprint density at radius 3 is 2.37 bits per heavy atom. The number of methoxy groups -OCH3 is 1. The summed E-state index contributed by atoms with van der Waals surface area (Å²) in [6, 6.07) is 22.3. The van der Waals surface area contributed by atoms with Crippen molar-refractivity contribution in [3.8, 4) is 17.1 Å². The first-order valence-electron chi connectivity index (χ1n) is 11.9. The number of fused-ring (bicyclic) bond motifs is 1. The van der Waals surface area contributed by atoms with Crippen LogP contribution in [0.4, 0.5) is 11.5 Å². The van der Waals surface area contributed by atoms with Crippen LogP contribution in [0.1, 0.15) is 12.1 Å². The number of hydrogen-bond donors (Lipinski definition) is 1. The fraction of sp³-hybridized carbons (Fsp3) is 0.143. The van der Waals surface area contributed by atoms with Gasteiger partial charge in [-0.15, -0.1) is 0 Å². The first-order chi connectivity index (χ1) is 18.5. The fourth-order valence-corrected chi connectivity index (χ4v) is 5.56. The molecule has 192 valence electrons. The lowest BCUT2D eigenvalue weighted by atomic mass is 10.1. The maximum absolute atomic E-state index is 12.9. The summed E-state index contributed by atoms with van der Waals surface area (Å²) in [5.41, 5.74) is 2.05. The summed E-state index contributed by atoms with van der Waals surface area (Å²) in [6.07, 6.45) is 0.932. The first-order valence-corrected chi connectivity index (χ1v) is 13.3. The Bertz CT molecular complexity index is 1700. The number of aromatic nitrogens is 2. The van der Waals surface area contributed by atoms with Crippen LogP contribution in [0.3, 0.4) is 0 Å². The van der Waals surface area contributed by atoms with Gasteiger partial charge in [-0.05, 0) is 54.6 Å². The molecule has 9 nitrogen and oxygen atoms in total. The van der Waals surface area contributed by atoms with Crippen molar-refractivity contribution in [1.29, 1.82) is 0 Å². The van der Waals surface area contributed by atoms with Gasteiger partial charge in [0.25, 0.3) is 0 Å². The summed E-state index contributed by atoms with van der Waals surface area (Å²) in [5, 5.41) is 4.01. The largest absolute Gasteiger partial charge is 0.496 e. The highest BCUT2D eigenvalue weighted by Crippen LogP contribution is 2.38. The third kappa shape index (κ3) is 4.49. The highest BCUT2D eigenvalue weighted by Gasteiger charge is 2.23. The quantitative estimate of drug-likeness (QED) is 0.291. The summed E-state index contributed by atoms with van der Waals surface area (Å²) in [4.78, 5) is 9.27. The van der Waals surface area contributed by atoms with Gasteiger partial charge < -0.3 is 23.9 Å². The summed E-state index contributed by atoms with van der Waals surface area (Å²) < 4.78 is 48.6. The molecule has 1 fully saturated rings. The predicted octanol–water partition coefficient (Wildman–Crippen LogP) is 5.52. The van der Waals surface area contributed by atoms with Crippen molar-refractivity contribution < 1.29 is 27.0 Å². The van der Waals surface area contributed by atoms with E-state index < -0.39 is 16.1 Å². The number of nitrogens with one attached hydrogen (secondary N) is 1. The number of ether oxygens (including phenoxy) is 3. The average molecular weight is 530 g/mol. The molecule has 3 heterocycles. The van der Waals surface area contributed by atoms with Crippen LogP contribution in [0.15, 0.2) is 99.4 Å². The lowest BCUT2D eigenvalue weighted by molar-refractivity contribution is -0.0585. The zero-order valence-corrected chi connectivity index (χ0v) is 21.1. The van der Waals surface area contributed by atoms with Crippen LogP contribution in [-0.4, -0.2) is 38.7 Å². The Hall–Kier alpha value is -4.25. The zero-order valence-electron chi connectivity index (χ0n) is 20.3. The summed E-state index contributed by atoms with van der Waals surface area (Å²) >= 11 is 0. The number of furan rings is 1. The van der Waals surface area contributed by atoms with E-state index in [4.69, 9.17) is 18.6 Å².